The molecule has 0 N–H and O–H groups in total. The average Bonchev–Trinajstić information content (AvgIpc) is 2.78. The Hall–Kier alpha value is -1.88. The molecule has 0 spiro atoms. The van der Waals surface area contributed by atoms with Crippen LogP contribution >= 0.6 is 11.6 Å². The average molecular weight is 280 g/mol. The molecule has 0 atom stereocenters. The second-order valence-corrected chi connectivity index (χ2v) is 4.32. The standard InChI is InChI=1S/C13H14ClN3O2/c1-10(18)15-13-12(9-14)17(16-19-13)8-7-11-5-3-2-4-6-11/h2-6H,7-9H2,1H3. The third-order valence-electron chi connectivity index (χ3n) is 2.62. The van der Waals surface area contributed by atoms with Crippen molar-refractivity contribution in [2.24, 2.45) is 4.99 Å². The van der Waals surface area contributed by atoms with Crippen LogP contribution in [0.5, 0.6) is 0 Å². The second kappa shape index (κ2) is 6.33. The van der Waals surface area contributed by atoms with E-state index in [1.54, 1.807) is 4.68 Å². The molecule has 0 aliphatic heterocycles. The van der Waals surface area contributed by atoms with Crippen LogP contribution in [-0.4, -0.2) is 11.2 Å². The predicted octanol–water partition coefficient (Wildman–Crippen LogP) is 1.35. The lowest BCUT2D eigenvalue weighted by atomic mass is 10.1. The minimum absolute atomic E-state index is 0.190. The Morgan fingerprint density at radius 3 is 2.79 bits per heavy atom. The zero-order chi connectivity index (χ0) is 13.7. The maximum atomic E-state index is 11.0. The summed E-state index contributed by atoms with van der Waals surface area (Å²) in [5.41, 5.74) is 1.82. The molecule has 1 heterocycles. The number of nitrogens with zero attached hydrogens (tertiary/aromatic N) is 3. The highest BCUT2D eigenvalue weighted by atomic mass is 35.5. The van der Waals surface area contributed by atoms with E-state index in [-0.39, 0.29) is 17.7 Å². The highest BCUT2D eigenvalue weighted by Crippen LogP contribution is 2.16. The summed E-state index contributed by atoms with van der Waals surface area (Å²) in [6.45, 7) is 1.98. The number of halogens is 1. The van der Waals surface area contributed by atoms with Gasteiger partial charge in [0, 0.05) is 6.42 Å². The van der Waals surface area contributed by atoms with Crippen molar-refractivity contribution in [3.63, 3.8) is 0 Å². The van der Waals surface area contributed by atoms with Gasteiger partial charge in [0.25, 0.3) is 5.69 Å². The summed E-state index contributed by atoms with van der Waals surface area (Å²) in [7, 11) is 0. The summed E-state index contributed by atoms with van der Waals surface area (Å²) < 4.78 is 6.67. The third-order valence-corrected chi connectivity index (χ3v) is 2.88. The first-order valence-electron chi connectivity index (χ1n) is 5.91. The van der Waals surface area contributed by atoms with Gasteiger partial charge in [-0.1, -0.05) is 30.3 Å². The Kier molecular flexibility index (Phi) is 4.52. The first-order valence-corrected chi connectivity index (χ1v) is 6.45. The van der Waals surface area contributed by atoms with Crippen molar-refractivity contribution in [3.8, 4) is 0 Å². The van der Waals surface area contributed by atoms with Gasteiger partial charge in [0.1, 0.15) is 5.88 Å². The molecule has 0 bridgehead atoms. The first kappa shape index (κ1) is 13.5. The summed E-state index contributed by atoms with van der Waals surface area (Å²) in [5.74, 6) is 0.0537. The van der Waals surface area contributed by atoms with Gasteiger partial charge in [0.2, 0.25) is 5.27 Å². The molecule has 0 aliphatic rings. The van der Waals surface area contributed by atoms with Gasteiger partial charge in [-0.25, -0.2) is 4.99 Å². The Bertz CT molecular complexity index is 563. The highest BCUT2D eigenvalue weighted by Gasteiger charge is 2.22. The van der Waals surface area contributed by atoms with Gasteiger partial charge in [-0.05, 0) is 23.1 Å². The molecule has 2 aromatic rings. The summed E-state index contributed by atoms with van der Waals surface area (Å²) in [6.07, 6.45) is 0.807. The van der Waals surface area contributed by atoms with Crippen LogP contribution in [0.25, 0.3) is 0 Å². The van der Waals surface area contributed by atoms with Crippen LogP contribution in [-0.2, 0) is 18.8 Å². The fourth-order valence-electron chi connectivity index (χ4n) is 1.71. The number of aryl methyl sites for hydroxylation is 2. The van der Waals surface area contributed by atoms with Gasteiger partial charge in [-0.15, -0.1) is 11.6 Å². The molecular formula is C13H14ClN3O2. The van der Waals surface area contributed by atoms with E-state index >= 15 is 0 Å². The van der Waals surface area contributed by atoms with E-state index < -0.39 is 0 Å². The topological polar surface area (TPSA) is 65.3 Å². The quantitative estimate of drug-likeness (QED) is 0.359. The van der Waals surface area contributed by atoms with Crippen molar-refractivity contribution in [3.05, 3.63) is 41.6 Å². The summed E-state index contributed by atoms with van der Waals surface area (Å²) in [5, 5.41) is 14.8. The van der Waals surface area contributed by atoms with E-state index in [2.05, 4.69) is 10.3 Å². The molecule has 0 saturated carbocycles. The molecule has 0 aliphatic carbocycles. The van der Waals surface area contributed by atoms with Crippen LogP contribution < -0.4 is 9.79 Å². The molecule has 1 aromatic heterocycles. The van der Waals surface area contributed by atoms with Gasteiger partial charge >= 0.3 is 5.88 Å². The van der Waals surface area contributed by atoms with E-state index in [0.29, 0.717) is 12.2 Å². The van der Waals surface area contributed by atoms with Gasteiger partial charge in [0.05, 0.1) is 0 Å². The molecule has 19 heavy (non-hydrogen) atoms. The monoisotopic (exact) mass is 279 g/mol. The zero-order valence-corrected chi connectivity index (χ0v) is 11.3. The molecule has 5 nitrogen and oxygen atoms in total. The van der Waals surface area contributed by atoms with Crippen molar-refractivity contribution in [1.29, 1.82) is 0 Å². The number of aromatic nitrogens is 2. The molecule has 0 fully saturated rings. The molecule has 0 saturated heterocycles. The van der Waals surface area contributed by atoms with Gasteiger partial charge in [0.15, 0.2) is 6.54 Å². The normalized spacial score (nSPS) is 11.8. The van der Waals surface area contributed by atoms with E-state index in [4.69, 9.17) is 16.1 Å². The zero-order valence-electron chi connectivity index (χ0n) is 10.5. The van der Waals surface area contributed by atoms with Crippen molar-refractivity contribution in [1.82, 2.24) is 5.27 Å². The molecule has 6 heteroatoms. The van der Waals surface area contributed by atoms with Crippen LogP contribution in [0.15, 0.2) is 39.8 Å². The highest BCUT2D eigenvalue weighted by molar-refractivity contribution is 6.17. The van der Waals surface area contributed by atoms with Crippen LogP contribution in [0.4, 0.5) is 5.88 Å². The predicted molar refractivity (Wildman–Crippen MR) is 69.2 cm³/mol. The number of hydrogen-bond donors (Lipinski definition) is 0. The Balaban J connectivity index is 2.13. The number of rotatable bonds is 5. The lowest BCUT2D eigenvalue weighted by molar-refractivity contribution is -0.767. The van der Waals surface area contributed by atoms with E-state index in [0.717, 1.165) is 6.42 Å². The van der Waals surface area contributed by atoms with Crippen LogP contribution in [0.3, 0.4) is 0 Å². The van der Waals surface area contributed by atoms with Crippen molar-refractivity contribution in [2.75, 3.05) is 0 Å². The smallest absolute Gasteiger partial charge is 0.325 e. The lowest BCUT2D eigenvalue weighted by Crippen LogP contribution is -2.40. The molecule has 2 rings (SSSR count). The van der Waals surface area contributed by atoms with E-state index in [1.807, 2.05) is 30.3 Å². The van der Waals surface area contributed by atoms with Crippen LogP contribution in [0.2, 0.25) is 0 Å². The summed E-state index contributed by atoms with van der Waals surface area (Å²) in [6, 6.07) is 10.0. The largest absolute Gasteiger partial charge is 0.862 e. The maximum Gasteiger partial charge on any atom is 0.325 e. The molecule has 0 radical (unpaired) electrons. The minimum atomic E-state index is -0.335. The fourth-order valence-corrected chi connectivity index (χ4v) is 1.96. The van der Waals surface area contributed by atoms with E-state index in [1.165, 1.54) is 12.5 Å². The fraction of sp³-hybridized carbons (Fsp3) is 0.308. The number of aliphatic imine (C=N–C) groups is 1. The van der Waals surface area contributed by atoms with Crippen molar-refractivity contribution < 1.29 is 14.3 Å². The third kappa shape index (κ3) is 3.54. The first-order chi connectivity index (χ1) is 9.20. The molecule has 100 valence electrons. The molecular weight excluding hydrogens is 266 g/mol. The van der Waals surface area contributed by atoms with Gasteiger partial charge in [-0.2, -0.15) is 0 Å². The summed E-state index contributed by atoms with van der Waals surface area (Å²) in [4.78, 5) is 3.73. The Morgan fingerprint density at radius 1 is 1.42 bits per heavy atom. The molecule has 1 aromatic carbocycles. The molecule has 0 amide bonds. The maximum absolute atomic E-state index is 11.0. The van der Waals surface area contributed by atoms with Gasteiger partial charge in [-0.3, -0.25) is 4.52 Å². The van der Waals surface area contributed by atoms with Crippen LogP contribution in [0, 0.1) is 0 Å². The number of benzene rings is 1. The number of alkyl halides is 1. The minimum Gasteiger partial charge on any atom is -0.862 e. The second-order valence-electron chi connectivity index (χ2n) is 4.05. The van der Waals surface area contributed by atoms with Crippen LogP contribution in [0.1, 0.15) is 18.2 Å². The Morgan fingerprint density at radius 2 is 2.16 bits per heavy atom. The SMILES string of the molecule is C/C([O-])=N/c1on[n+](CCc2ccccc2)c1CCl. The van der Waals surface area contributed by atoms with E-state index in [9.17, 15) is 5.11 Å². The van der Waals surface area contributed by atoms with Crippen molar-refractivity contribution in [2.45, 2.75) is 25.8 Å². The summed E-state index contributed by atoms with van der Waals surface area (Å²) >= 11 is 5.85. The Labute approximate surface area is 116 Å². The van der Waals surface area contributed by atoms with Gasteiger partial charge < -0.3 is 5.11 Å². The lowest BCUT2D eigenvalue weighted by Gasteiger charge is -1.98. The molecule has 0 unspecified atom stereocenters. The van der Waals surface area contributed by atoms with Crippen molar-refractivity contribution >= 4 is 23.4 Å². The number of hydrogen-bond acceptors (Lipinski definition) is 4.